The molecular formula is C22H32O8. The lowest BCUT2D eigenvalue weighted by molar-refractivity contribution is -0.278. The van der Waals surface area contributed by atoms with Gasteiger partial charge in [0.2, 0.25) is 6.29 Å². The first kappa shape index (κ1) is 24.1. The Labute approximate surface area is 176 Å². The number of benzene rings is 1. The van der Waals surface area contributed by atoms with Crippen molar-refractivity contribution in [2.75, 3.05) is 6.61 Å². The molecule has 1 saturated heterocycles. The van der Waals surface area contributed by atoms with Gasteiger partial charge in [-0.05, 0) is 43.5 Å². The van der Waals surface area contributed by atoms with Crippen LogP contribution in [0.15, 0.2) is 36.9 Å². The second-order valence-electron chi connectivity index (χ2n) is 7.40. The van der Waals surface area contributed by atoms with Crippen molar-refractivity contribution >= 4 is 5.97 Å². The molecular weight excluding hydrogens is 392 g/mol. The molecule has 0 amide bonds. The van der Waals surface area contributed by atoms with Crippen LogP contribution in [0, 0.1) is 0 Å². The van der Waals surface area contributed by atoms with E-state index in [1.807, 2.05) is 6.08 Å². The maximum atomic E-state index is 11.9. The number of phenols is 1. The number of aliphatic hydroxyl groups excluding tert-OH is 3. The molecule has 0 saturated carbocycles. The Kier molecular flexibility index (Phi) is 10.1. The summed E-state index contributed by atoms with van der Waals surface area (Å²) in [4.78, 5) is 11.9. The molecule has 1 aliphatic rings. The molecule has 2 rings (SSSR count). The number of unbranched alkanes of at least 4 members (excludes halogenated alkanes) is 5. The molecule has 4 N–H and O–H groups in total. The Hall–Kier alpha value is -2.13. The molecule has 0 unspecified atom stereocenters. The van der Waals surface area contributed by atoms with Crippen LogP contribution < -0.4 is 4.74 Å². The van der Waals surface area contributed by atoms with Crippen LogP contribution in [-0.2, 0) is 14.3 Å². The fourth-order valence-corrected chi connectivity index (χ4v) is 3.15. The number of aromatic hydroxyl groups is 1. The van der Waals surface area contributed by atoms with Gasteiger partial charge in [-0.3, -0.25) is 4.79 Å². The lowest BCUT2D eigenvalue weighted by Gasteiger charge is -2.39. The number of carbonyl (C=O) groups excluding carboxylic acids is 1. The fourth-order valence-electron chi connectivity index (χ4n) is 3.15. The third kappa shape index (κ3) is 7.60. The van der Waals surface area contributed by atoms with E-state index in [1.54, 1.807) is 0 Å². The molecule has 1 aromatic carbocycles. The summed E-state index contributed by atoms with van der Waals surface area (Å²) in [6.07, 6.45) is 1.29. The van der Waals surface area contributed by atoms with Crippen LogP contribution in [0.4, 0.5) is 0 Å². The minimum atomic E-state index is -1.53. The van der Waals surface area contributed by atoms with E-state index in [1.165, 1.54) is 24.3 Å². The van der Waals surface area contributed by atoms with Gasteiger partial charge in [-0.15, -0.1) is 6.58 Å². The molecule has 30 heavy (non-hydrogen) atoms. The van der Waals surface area contributed by atoms with E-state index in [0.717, 1.165) is 38.5 Å². The van der Waals surface area contributed by atoms with E-state index in [9.17, 15) is 25.2 Å². The summed E-state index contributed by atoms with van der Waals surface area (Å²) in [6, 6.07) is 5.73. The van der Waals surface area contributed by atoms with Gasteiger partial charge in [0.15, 0.2) is 0 Å². The van der Waals surface area contributed by atoms with Crippen LogP contribution in [0.5, 0.6) is 11.5 Å². The van der Waals surface area contributed by atoms with Gasteiger partial charge < -0.3 is 34.6 Å². The molecule has 8 nitrogen and oxygen atoms in total. The molecule has 5 atom stereocenters. The predicted molar refractivity (Wildman–Crippen MR) is 109 cm³/mol. The molecule has 0 bridgehead atoms. The number of hydrogen-bond donors (Lipinski definition) is 4. The highest BCUT2D eigenvalue weighted by Gasteiger charge is 2.45. The molecule has 1 aromatic rings. The van der Waals surface area contributed by atoms with Crippen molar-refractivity contribution < 1.29 is 39.4 Å². The number of ether oxygens (including phenoxy) is 3. The molecule has 0 aromatic heterocycles. The summed E-state index contributed by atoms with van der Waals surface area (Å²) in [5.41, 5.74) is 0. The van der Waals surface area contributed by atoms with Crippen LogP contribution in [-0.4, -0.2) is 63.7 Å². The molecule has 8 heteroatoms. The molecule has 1 aliphatic heterocycles. The van der Waals surface area contributed by atoms with E-state index in [0.29, 0.717) is 5.75 Å². The zero-order chi connectivity index (χ0) is 21.9. The maximum Gasteiger partial charge on any atom is 0.305 e. The predicted octanol–water partition coefficient (Wildman–Crippen LogP) is 2.04. The SMILES string of the molecule is C=CCCCCCCCC(=O)OC[C@H]1O[C@@H](Oc2ccc(O)cc2)[C@H](O)[C@@H](O)[C@@H]1O. The number of rotatable bonds is 12. The third-order valence-corrected chi connectivity index (χ3v) is 4.96. The van der Waals surface area contributed by atoms with Crippen molar-refractivity contribution in [2.24, 2.45) is 0 Å². The topological polar surface area (TPSA) is 126 Å². The Bertz CT molecular complexity index is 647. The molecule has 0 radical (unpaired) electrons. The first-order chi connectivity index (χ1) is 14.4. The van der Waals surface area contributed by atoms with Crippen molar-refractivity contribution in [3.05, 3.63) is 36.9 Å². The average Bonchev–Trinajstić information content (AvgIpc) is 2.74. The van der Waals surface area contributed by atoms with Gasteiger partial charge in [0.05, 0.1) is 0 Å². The number of aliphatic hydroxyl groups is 3. The van der Waals surface area contributed by atoms with Crippen molar-refractivity contribution in [2.45, 2.75) is 75.7 Å². The van der Waals surface area contributed by atoms with Crippen molar-refractivity contribution in [1.29, 1.82) is 0 Å². The number of esters is 1. The van der Waals surface area contributed by atoms with E-state index in [-0.39, 0.29) is 18.8 Å². The van der Waals surface area contributed by atoms with Gasteiger partial charge in [0.25, 0.3) is 0 Å². The fraction of sp³-hybridized carbons (Fsp3) is 0.591. The molecule has 1 heterocycles. The lowest BCUT2D eigenvalue weighted by atomic mass is 9.99. The standard InChI is InChI=1S/C22H32O8/c1-2-3-4-5-6-7-8-9-18(24)28-14-17-19(25)20(26)21(27)22(30-17)29-16-12-10-15(23)11-13-16/h2,10-13,17,19-23,25-27H,1,3-9,14H2/t17-,19-,20+,21-,22-/m1/s1. The summed E-state index contributed by atoms with van der Waals surface area (Å²) in [5.74, 6) is -0.0674. The van der Waals surface area contributed by atoms with E-state index in [4.69, 9.17) is 14.2 Å². The largest absolute Gasteiger partial charge is 0.508 e. The minimum Gasteiger partial charge on any atom is -0.508 e. The van der Waals surface area contributed by atoms with E-state index < -0.39 is 36.7 Å². The van der Waals surface area contributed by atoms with Crippen LogP contribution in [0.2, 0.25) is 0 Å². The van der Waals surface area contributed by atoms with Crippen LogP contribution in [0.25, 0.3) is 0 Å². The monoisotopic (exact) mass is 424 g/mol. The number of hydrogen-bond acceptors (Lipinski definition) is 8. The van der Waals surface area contributed by atoms with E-state index >= 15 is 0 Å². The molecule has 0 aliphatic carbocycles. The summed E-state index contributed by atoms with van der Waals surface area (Å²) >= 11 is 0. The number of phenolic OH excluding ortho intramolecular Hbond substituents is 1. The van der Waals surface area contributed by atoms with Gasteiger partial charge in [-0.25, -0.2) is 0 Å². The van der Waals surface area contributed by atoms with Crippen molar-refractivity contribution in [3.63, 3.8) is 0 Å². The van der Waals surface area contributed by atoms with Gasteiger partial charge >= 0.3 is 5.97 Å². The Morgan fingerprint density at radius 3 is 2.37 bits per heavy atom. The highest BCUT2D eigenvalue weighted by atomic mass is 16.7. The molecule has 1 fully saturated rings. The minimum absolute atomic E-state index is 0.0458. The summed E-state index contributed by atoms with van der Waals surface area (Å²) in [6.45, 7) is 3.42. The van der Waals surface area contributed by atoms with Gasteiger partial charge in [0.1, 0.15) is 42.5 Å². The number of allylic oxidation sites excluding steroid dienone is 1. The van der Waals surface area contributed by atoms with Gasteiger partial charge in [-0.1, -0.05) is 25.3 Å². The van der Waals surface area contributed by atoms with Crippen molar-refractivity contribution in [1.82, 2.24) is 0 Å². The second kappa shape index (κ2) is 12.5. The zero-order valence-electron chi connectivity index (χ0n) is 17.1. The molecule has 0 spiro atoms. The third-order valence-electron chi connectivity index (χ3n) is 4.96. The lowest BCUT2D eigenvalue weighted by Crippen LogP contribution is -2.60. The van der Waals surface area contributed by atoms with Crippen LogP contribution >= 0.6 is 0 Å². The smallest absolute Gasteiger partial charge is 0.305 e. The Morgan fingerprint density at radius 1 is 1.00 bits per heavy atom. The quantitative estimate of drug-likeness (QED) is 0.228. The van der Waals surface area contributed by atoms with Crippen molar-refractivity contribution in [3.8, 4) is 11.5 Å². The average molecular weight is 424 g/mol. The van der Waals surface area contributed by atoms with Crippen LogP contribution in [0.3, 0.4) is 0 Å². The van der Waals surface area contributed by atoms with Gasteiger partial charge in [0, 0.05) is 6.42 Å². The summed E-state index contributed by atoms with van der Waals surface area (Å²) < 4.78 is 16.2. The second-order valence-corrected chi connectivity index (χ2v) is 7.40. The maximum absolute atomic E-state index is 11.9. The summed E-state index contributed by atoms with van der Waals surface area (Å²) in [7, 11) is 0. The Balaban J connectivity index is 1.76. The first-order valence-electron chi connectivity index (χ1n) is 10.3. The Morgan fingerprint density at radius 2 is 1.67 bits per heavy atom. The van der Waals surface area contributed by atoms with Crippen LogP contribution in [0.1, 0.15) is 44.9 Å². The first-order valence-corrected chi connectivity index (χ1v) is 10.3. The number of carbonyl (C=O) groups is 1. The van der Waals surface area contributed by atoms with E-state index in [2.05, 4.69) is 6.58 Å². The summed E-state index contributed by atoms with van der Waals surface area (Å²) in [5, 5.41) is 39.7. The normalized spacial score (nSPS) is 26.2. The zero-order valence-corrected chi connectivity index (χ0v) is 17.1. The highest BCUT2D eigenvalue weighted by Crippen LogP contribution is 2.25. The van der Waals surface area contributed by atoms with Gasteiger partial charge in [-0.2, -0.15) is 0 Å². The molecule has 168 valence electrons. The highest BCUT2D eigenvalue weighted by molar-refractivity contribution is 5.69.